The zero-order valence-corrected chi connectivity index (χ0v) is 11.9. The van der Waals surface area contributed by atoms with Gasteiger partial charge in [-0.25, -0.2) is 0 Å². The maximum Gasteiger partial charge on any atom is 0.239 e. The molecule has 0 aliphatic carbocycles. The van der Waals surface area contributed by atoms with Gasteiger partial charge in [-0.15, -0.1) is 0 Å². The van der Waals surface area contributed by atoms with Crippen LogP contribution in [0.25, 0.3) is 0 Å². The molecular weight excluding hydrogens is 244 g/mol. The van der Waals surface area contributed by atoms with Crippen LogP contribution in [0.2, 0.25) is 0 Å². The third-order valence-corrected chi connectivity index (χ3v) is 4.12. The Morgan fingerprint density at radius 1 is 1.26 bits per heavy atom. The van der Waals surface area contributed by atoms with Gasteiger partial charge in [0.2, 0.25) is 5.91 Å². The van der Waals surface area contributed by atoms with Crippen molar-refractivity contribution < 1.29 is 14.3 Å². The van der Waals surface area contributed by atoms with E-state index in [0.29, 0.717) is 32.7 Å². The molecule has 5 heteroatoms. The molecule has 0 spiro atoms. The van der Waals surface area contributed by atoms with Gasteiger partial charge in [0, 0.05) is 25.6 Å². The van der Waals surface area contributed by atoms with Gasteiger partial charge in [-0.2, -0.15) is 0 Å². The Kier molecular flexibility index (Phi) is 4.93. The van der Waals surface area contributed by atoms with Crippen molar-refractivity contribution in [2.24, 2.45) is 0 Å². The quantitative estimate of drug-likeness (QED) is 0.752. The predicted octanol–water partition coefficient (Wildman–Crippen LogP) is 0.677. The van der Waals surface area contributed by atoms with Crippen LogP contribution in [-0.4, -0.2) is 66.4 Å². The summed E-state index contributed by atoms with van der Waals surface area (Å²) in [6.07, 6.45) is 2.68. The van der Waals surface area contributed by atoms with Crippen LogP contribution in [0.15, 0.2) is 0 Å². The normalized spacial score (nSPS) is 26.4. The summed E-state index contributed by atoms with van der Waals surface area (Å²) in [4.78, 5) is 27.9. The number of carbonyl (C=O) groups is 2. The molecule has 2 heterocycles. The van der Waals surface area contributed by atoms with Gasteiger partial charge in [0.1, 0.15) is 5.78 Å². The molecule has 1 amide bonds. The molecule has 0 N–H and O–H groups in total. The SMILES string of the molecule is CC(=O)CC1CCCN1C(C)C(=O)N1CCOCC1. The van der Waals surface area contributed by atoms with Crippen molar-refractivity contribution in [3.05, 3.63) is 0 Å². The Labute approximate surface area is 114 Å². The number of hydrogen-bond acceptors (Lipinski definition) is 4. The number of rotatable bonds is 4. The van der Waals surface area contributed by atoms with Crippen LogP contribution in [0.5, 0.6) is 0 Å². The molecule has 0 bridgehead atoms. The lowest BCUT2D eigenvalue weighted by Gasteiger charge is -2.35. The van der Waals surface area contributed by atoms with Crippen molar-refractivity contribution >= 4 is 11.7 Å². The van der Waals surface area contributed by atoms with Crippen LogP contribution in [0.3, 0.4) is 0 Å². The molecule has 19 heavy (non-hydrogen) atoms. The van der Waals surface area contributed by atoms with E-state index in [-0.39, 0.29) is 23.8 Å². The smallest absolute Gasteiger partial charge is 0.239 e. The number of amides is 1. The van der Waals surface area contributed by atoms with Gasteiger partial charge >= 0.3 is 0 Å². The van der Waals surface area contributed by atoms with Gasteiger partial charge in [0.25, 0.3) is 0 Å². The van der Waals surface area contributed by atoms with Gasteiger partial charge in [0.15, 0.2) is 0 Å². The van der Waals surface area contributed by atoms with E-state index in [9.17, 15) is 9.59 Å². The molecule has 2 rings (SSSR count). The van der Waals surface area contributed by atoms with E-state index in [1.165, 1.54) is 0 Å². The van der Waals surface area contributed by atoms with E-state index in [1.54, 1.807) is 6.92 Å². The van der Waals surface area contributed by atoms with Crippen LogP contribution < -0.4 is 0 Å². The summed E-state index contributed by atoms with van der Waals surface area (Å²) >= 11 is 0. The first-order chi connectivity index (χ1) is 9.09. The number of ketones is 1. The molecule has 108 valence electrons. The Hall–Kier alpha value is -0.940. The molecule has 0 radical (unpaired) electrons. The second-order valence-corrected chi connectivity index (χ2v) is 5.55. The maximum atomic E-state index is 12.5. The average Bonchev–Trinajstić information content (AvgIpc) is 2.85. The number of likely N-dealkylation sites (tertiary alicyclic amines) is 1. The van der Waals surface area contributed by atoms with Crippen molar-refractivity contribution in [1.82, 2.24) is 9.80 Å². The summed E-state index contributed by atoms with van der Waals surface area (Å²) in [6.45, 7) is 7.17. The van der Waals surface area contributed by atoms with Gasteiger partial charge in [-0.05, 0) is 33.2 Å². The minimum atomic E-state index is -0.120. The molecule has 2 unspecified atom stereocenters. The highest BCUT2D eigenvalue weighted by Crippen LogP contribution is 2.24. The standard InChI is InChI=1S/C14H24N2O3/c1-11(17)10-13-4-3-5-16(13)12(2)14(18)15-6-8-19-9-7-15/h12-13H,3-10H2,1-2H3. The second kappa shape index (κ2) is 6.48. The molecule has 2 aliphatic heterocycles. The Balaban J connectivity index is 1.95. The number of Topliss-reactive ketones (excluding diaryl/α,β-unsaturated/α-hetero) is 1. The lowest BCUT2D eigenvalue weighted by atomic mass is 10.1. The molecule has 0 aromatic rings. The van der Waals surface area contributed by atoms with Gasteiger partial charge < -0.3 is 9.64 Å². The van der Waals surface area contributed by atoms with Gasteiger partial charge in [-0.3, -0.25) is 14.5 Å². The number of hydrogen-bond donors (Lipinski definition) is 0. The van der Waals surface area contributed by atoms with E-state index < -0.39 is 0 Å². The molecular formula is C14H24N2O3. The van der Waals surface area contributed by atoms with Gasteiger partial charge in [0.05, 0.1) is 19.3 Å². The summed E-state index contributed by atoms with van der Waals surface area (Å²) in [5.74, 6) is 0.390. The van der Waals surface area contributed by atoms with Crippen molar-refractivity contribution in [2.75, 3.05) is 32.8 Å². The monoisotopic (exact) mass is 268 g/mol. The Bertz CT molecular complexity index is 340. The fourth-order valence-electron chi connectivity index (χ4n) is 3.11. The summed E-state index contributed by atoms with van der Waals surface area (Å²) in [5.41, 5.74) is 0. The van der Waals surface area contributed by atoms with Crippen LogP contribution >= 0.6 is 0 Å². The van der Waals surface area contributed by atoms with Crippen LogP contribution in [0, 0.1) is 0 Å². The second-order valence-electron chi connectivity index (χ2n) is 5.55. The zero-order valence-electron chi connectivity index (χ0n) is 11.9. The summed E-state index contributed by atoms with van der Waals surface area (Å²) < 4.78 is 5.28. The molecule has 2 atom stereocenters. The molecule has 2 fully saturated rings. The Morgan fingerprint density at radius 2 is 1.95 bits per heavy atom. The number of morpholine rings is 1. The van der Waals surface area contributed by atoms with E-state index in [4.69, 9.17) is 4.74 Å². The first-order valence-corrected chi connectivity index (χ1v) is 7.21. The summed E-state index contributed by atoms with van der Waals surface area (Å²) in [7, 11) is 0. The highest BCUT2D eigenvalue weighted by Gasteiger charge is 2.34. The first kappa shape index (κ1) is 14.5. The molecule has 2 aliphatic rings. The molecule has 0 aromatic heterocycles. The fraction of sp³-hybridized carbons (Fsp3) is 0.857. The number of ether oxygens (including phenoxy) is 1. The van der Waals surface area contributed by atoms with Crippen LogP contribution in [-0.2, 0) is 14.3 Å². The van der Waals surface area contributed by atoms with Crippen molar-refractivity contribution in [3.63, 3.8) is 0 Å². The minimum Gasteiger partial charge on any atom is -0.378 e. The summed E-state index contributed by atoms with van der Waals surface area (Å²) in [6, 6.07) is 0.127. The highest BCUT2D eigenvalue weighted by molar-refractivity contribution is 5.82. The van der Waals surface area contributed by atoms with Gasteiger partial charge in [-0.1, -0.05) is 0 Å². The molecule has 0 aromatic carbocycles. The first-order valence-electron chi connectivity index (χ1n) is 7.21. The lowest BCUT2D eigenvalue weighted by molar-refractivity contribution is -0.141. The van der Waals surface area contributed by atoms with Crippen molar-refractivity contribution in [2.45, 2.75) is 45.2 Å². The largest absolute Gasteiger partial charge is 0.378 e. The molecule has 5 nitrogen and oxygen atoms in total. The Morgan fingerprint density at radius 3 is 2.58 bits per heavy atom. The van der Waals surface area contributed by atoms with E-state index >= 15 is 0 Å². The maximum absolute atomic E-state index is 12.5. The third-order valence-electron chi connectivity index (χ3n) is 4.12. The van der Waals surface area contributed by atoms with Crippen molar-refractivity contribution in [3.8, 4) is 0 Å². The topological polar surface area (TPSA) is 49.9 Å². The number of nitrogens with zero attached hydrogens (tertiary/aromatic N) is 2. The van der Waals surface area contributed by atoms with E-state index in [1.807, 2.05) is 11.8 Å². The van der Waals surface area contributed by atoms with Crippen LogP contribution in [0.4, 0.5) is 0 Å². The fourth-order valence-corrected chi connectivity index (χ4v) is 3.11. The minimum absolute atomic E-state index is 0.120. The molecule has 0 saturated carbocycles. The van der Waals surface area contributed by atoms with E-state index in [0.717, 1.165) is 19.4 Å². The highest BCUT2D eigenvalue weighted by atomic mass is 16.5. The lowest BCUT2D eigenvalue weighted by Crippen LogP contribution is -2.52. The average molecular weight is 268 g/mol. The third kappa shape index (κ3) is 3.54. The molecule has 2 saturated heterocycles. The van der Waals surface area contributed by atoms with E-state index in [2.05, 4.69) is 4.90 Å². The summed E-state index contributed by atoms with van der Waals surface area (Å²) in [5, 5.41) is 0. The predicted molar refractivity (Wildman–Crippen MR) is 71.9 cm³/mol. The van der Waals surface area contributed by atoms with Crippen molar-refractivity contribution in [1.29, 1.82) is 0 Å². The van der Waals surface area contributed by atoms with Crippen LogP contribution in [0.1, 0.15) is 33.1 Å². The number of carbonyl (C=O) groups excluding carboxylic acids is 2. The zero-order chi connectivity index (χ0) is 13.8.